The molecule has 2 aliphatic rings. The number of ether oxygens (including phenoxy) is 1. The van der Waals surface area contributed by atoms with Crippen LogP contribution in [0.4, 0.5) is 17.5 Å². The van der Waals surface area contributed by atoms with Gasteiger partial charge in [-0.05, 0) is 25.0 Å². The van der Waals surface area contributed by atoms with Gasteiger partial charge < -0.3 is 20.3 Å². The topological polar surface area (TPSA) is 133 Å². The van der Waals surface area contributed by atoms with Gasteiger partial charge in [-0.15, -0.1) is 0 Å². The summed E-state index contributed by atoms with van der Waals surface area (Å²) in [5.41, 5.74) is 2.99. The average molecular weight is 494 g/mol. The predicted octanol–water partition coefficient (Wildman–Crippen LogP) is 4.00. The van der Waals surface area contributed by atoms with Crippen LogP contribution in [0.25, 0.3) is 0 Å². The number of nitrogens with one attached hydrogen (secondary N) is 2. The van der Waals surface area contributed by atoms with Gasteiger partial charge >= 0.3 is 0 Å². The number of anilines is 2. The number of aliphatic imine (C=N–C) groups is 1. The first-order valence-electron chi connectivity index (χ1n) is 11.2. The van der Waals surface area contributed by atoms with Crippen molar-refractivity contribution in [3.8, 4) is 11.8 Å². The monoisotopic (exact) mass is 493 g/mol. The molecular weight excluding hydrogens is 470 g/mol. The molecule has 1 aromatic heterocycles. The highest BCUT2D eigenvalue weighted by Crippen LogP contribution is 2.32. The zero-order chi connectivity index (χ0) is 24.8. The van der Waals surface area contributed by atoms with Crippen molar-refractivity contribution in [3.05, 3.63) is 46.9 Å². The summed E-state index contributed by atoms with van der Waals surface area (Å²) in [6.07, 6.45) is 3.59. The fourth-order valence-electron chi connectivity index (χ4n) is 3.89. The van der Waals surface area contributed by atoms with Gasteiger partial charge in [0.15, 0.2) is 5.82 Å². The molecule has 35 heavy (non-hydrogen) atoms. The van der Waals surface area contributed by atoms with Crippen LogP contribution in [0.1, 0.15) is 39.0 Å². The summed E-state index contributed by atoms with van der Waals surface area (Å²) < 4.78 is 5.67. The fraction of sp³-hybridized carbons (Fsp3) is 0.333. The van der Waals surface area contributed by atoms with E-state index in [9.17, 15) is 9.59 Å². The average Bonchev–Trinajstić information content (AvgIpc) is 3.00. The number of hydrogen-bond acceptors (Lipinski definition) is 8. The minimum absolute atomic E-state index is 0.0877. The van der Waals surface area contributed by atoms with Gasteiger partial charge in [-0.25, -0.2) is 9.98 Å². The third-order valence-corrected chi connectivity index (χ3v) is 5.82. The number of carbonyl (C=O) groups excluding carboxylic acids is 2. The molecule has 2 amide bonds. The van der Waals surface area contributed by atoms with Crippen molar-refractivity contribution < 1.29 is 14.3 Å². The Balaban J connectivity index is 1.56. The lowest BCUT2D eigenvalue weighted by molar-refractivity contribution is -0.127. The lowest BCUT2D eigenvalue weighted by atomic mass is 9.98. The molecule has 180 valence electrons. The number of hydrogen-bond donors (Lipinski definition) is 2. The van der Waals surface area contributed by atoms with E-state index < -0.39 is 0 Å². The van der Waals surface area contributed by atoms with E-state index in [2.05, 4.69) is 25.6 Å². The summed E-state index contributed by atoms with van der Waals surface area (Å²) >= 11 is 6.33. The smallest absolute Gasteiger partial charge is 0.251 e. The van der Waals surface area contributed by atoms with E-state index in [0.717, 1.165) is 17.1 Å². The van der Waals surface area contributed by atoms with Crippen LogP contribution in [0.15, 0.2) is 46.8 Å². The van der Waals surface area contributed by atoms with E-state index in [0.29, 0.717) is 48.1 Å². The van der Waals surface area contributed by atoms with Gasteiger partial charge in [0.2, 0.25) is 11.8 Å². The molecular formula is C24H24ClN7O3. The van der Waals surface area contributed by atoms with Crippen LogP contribution >= 0.6 is 11.6 Å². The second kappa shape index (κ2) is 11.0. The first-order chi connectivity index (χ1) is 16.9. The molecule has 1 aliphatic carbocycles. The van der Waals surface area contributed by atoms with E-state index in [1.54, 1.807) is 11.0 Å². The van der Waals surface area contributed by atoms with Crippen LogP contribution in [0.3, 0.4) is 0 Å². The van der Waals surface area contributed by atoms with Crippen molar-refractivity contribution in [3.63, 3.8) is 0 Å². The molecule has 1 aromatic carbocycles. The summed E-state index contributed by atoms with van der Waals surface area (Å²) in [5, 5.41) is 15.1. The molecule has 0 saturated carbocycles. The van der Waals surface area contributed by atoms with Crippen molar-refractivity contribution >= 4 is 46.6 Å². The van der Waals surface area contributed by atoms with Crippen molar-refractivity contribution in [2.75, 3.05) is 18.5 Å². The first-order valence-corrected chi connectivity index (χ1v) is 11.6. The fourth-order valence-corrected chi connectivity index (χ4v) is 4.03. The number of aromatic nitrogens is 2. The summed E-state index contributed by atoms with van der Waals surface area (Å²) in [4.78, 5) is 39.2. The molecule has 0 bridgehead atoms. The number of amides is 2. The molecule has 1 aliphatic heterocycles. The number of carbonyl (C=O) groups is 2. The molecule has 2 aromatic rings. The Bertz CT molecular complexity index is 1250. The third-order valence-electron chi connectivity index (χ3n) is 5.54. The molecule has 0 atom stereocenters. The maximum atomic E-state index is 12.2. The minimum atomic E-state index is -0.111. The molecule has 0 saturated heterocycles. The molecule has 10 nitrogen and oxygen atoms in total. The Labute approximate surface area is 207 Å². The Morgan fingerprint density at radius 3 is 2.97 bits per heavy atom. The van der Waals surface area contributed by atoms with E-state index >= 15 is 0 Å². The van der Waals surface area contributed by atoms with Crippen LogP contribution in [0.2, 0.25) is 5.02 Å². The summed E-state index contributed by atoms with van der Waals surface area (Å²) in [6.45, 7) is 2.10. The lowest BCUT2D eigenvalue weighted by Crippen LogP contribution is -2.32. The van der Waals surface area contributed by atoms with E-state index in [4.69, 9.17) is 21.6 Å². The highest BCUT2D eigenvalue weighted by atomic mass is 35.5. The zero-order valence-electron chi connectivity index (χ0n) is 19.2. The zero-order valence-corrected chi connectivity index (χ0v) is 19.9. The Morgan fingerprint density at radius 1 is 1.34 bits per heavy atom. The van der Waals surface area contributed by atoms with Gasteiger partial charge in [0, 0.05) is 43.4 Å². The van der Waals surface area contributed by atoms with Crippen molar-refractivity contribution in [1.29, 1.82) is 5.26 Å². The summed E-state index contributed by atoms with van der Waals surface area (Å²) in [7, 11) is 0. The number of nitriles is 1. The summed E-state index contributed by atoms with van der Waals surface area (Å²) in [6, 6.07) is 9.33. The molecule has 4 rings (SSSR count). The normalized spacial score (nSPS) is 16.8. The lowest BCUT2D eigenvalue weighted by Gasteiger charge is -2.28. The largest absolute Gasteiger partial charge is 0.490 e. The molecule has 0 spiro atoms. The Hall–Kier alpha value is -3.97. The number of rotatable bonds is 6. The first kappa shape index (κ1) is 24.2. The van der Waals surface area contributed by atoms with E-state index in [-0.39, 0.29) is 37.2 Å². The maximum Gasteiger partial charge on any atom is 0.251 e. The predicted molar refractivity (Wildman–Crippen MR) is 131 cm³/mol. The SMILES string of the molecule is CC(=O)N1CCC(=O)NC2=C1CC(=Nc1ncc(Cl)c(Nc3ccccc3OCCC#N)n1)CC2. The number of para-hydroxylation sites is 2. The van der Waals surface area contributed by atoms with Gasteiger partial charge in [0.1, 0.15) is 17.4 Å². The summed E-state index contributed by atoms with van der Waals surface area (Å²) in [5.74, 6) is 0.957. The van der Waals surface area contributed by atoms with Gasteiger partial charge in [-0.2, -0.15) is 10.2 Å². The van der Waals surface area contributed by atoms with Crippen LogP contribution in [-0.2, 0) is 9.59 Å². The van der Waals surface area contributed by atoms with Gasteiger partial charge in [0.05, 0.1) is 24.4 Å². The quantitative estimate of drug-likeness (QED) is 0.581. The number of nitrogens with zero attached hydrogens (tertiary/aromatic N) is 5. The van der Waals surface area contributed by atoms with Gasteiger partial charge in [-0.3, -0.25) is 9.59 Å². The molecule has 2 heterocycles. The van der Waals surface area contributed by atoms with E-state index in [1.807, 2.05) is 24.3 Å². The Kier molecular flexibility index (Phi) is 7.57. The van der Waals surface area contributed by atoms with Crippen molar-refractivity contribution in [2.24, 2.45) is 4.99 Å². The number of allylic oxidation sites excluding steroid dienone is 2. The molecule has 2 N–H and O–H groups in total. The highest BCUT2D eigenvalue weighted by molar-refractivity contribution is 6.32. The van der Waals surface area contributed by atoms with Crippen LogP contribution in [0.5, 0.6) is 5.75 Å². The Morgan fingerprint density at radius 2 is 2.17 bits per heavy atom. The maximum absolute atomic E-state index is 12.2. The molecule has 11 heteroatoms. The van der Waals surface area contributed by atoms with Crippen LogP contribution < -0.4 is 15.4 Å². The molecule has 0 fully saturated rings. The third kappa shape index (κ3) is 5.94. The standard InChI is InChI=1S/C24H24ClN7O3/c1-15(33)32-11-9-22(34)29-18-8-7-16(13-20(18)32)28-24-27-14-17(25)23(31-24)30-19-5-2-3-6-21(19)35-12-4-10-26/h2-3,5-6,14H,4,7-9,11-13H2,1H3,(H,29,34)(H,27,30,31). The van der Waals surface area contributed by atoms with Crippen molar-refractivity contribution in [2.45, 2.75) is 39.0 Å². The number of halogens is 1. The number of benzene rings is 1. The van der Waals surface area contributed by atoms with Gasteiger partial charge in [-0.1, -0.05) is 23.7 Å². The van der Waals surface area contributed by atoms with Gasteiger partial charge in [0.25, 0.3) is 5.95 Å². The van der Waals surface area contributed by atoms with Crippen LogP contribution in [-0.4, -0.2) is 45.5 Å². The second-order valence-corrected chi connectivity index (χ2v) is 8.40. The van der Waals surface area contributed by atoms with Crippen molar-refractivity contribution in [1.82, 2.24) is 20.2 Å². The molecule has 0 unspecified atom stereocenters. The highest BCUT2D eigenvalue weighted by Gasteiger charge is 2.28. The molecule has 0 radical (unpaired) electrons. The van der Waals surface area contributed by atoms with Crippen LogP contribution in [0, 0.1) is 11.3 Å². The minimum Gasteiger partial charge on any atom is -0.490 e. The van der Waals surface area contributed by atoms with E-state index in [1.165, 1.54) is 13.1 Å². The second-order valence-electron chi connectivity index (χ2n) is 7.99.